The van der Waals surface area contributed by atoms with Crippen molar-refractivity contribution in [3.05, 3.63) is 33.8 Å². The summed E-state index contributed by atoms with van der Waals surface area (Å²) < 4.78 is 1.04. The van der Waals surface area contributed by atoms with Crippen LogP contribution < -0.4 is 5.32 Å². The van der Waals surface area contributed by atoms with Gasteiger partial charge in [-0.1, -0.05) is 22.0 Å². The van der Waals surface area contributed by atoms with E-state index in [9.17, 15) is 4.79 Å². The Morgan fingerprint density at radius 3 is 2.77 bits per heavy atom. The third-order valence-electron chi connectivity index (χ3n) is 1.82. The third kappa shape index (κ3) is 2.64. The number of ketones is 1. The van der Waals surface area contributed by atoms with E-state index in [0.717, 1.165) is 15.6 Å². The Balaban J connectivity index is 2.90. The largest absolute Gasteiger partial charge is 0.313 e. The van der Waals surface area contributed by atoms with Gasteiger partial charge in [0.25, 0.3) is 0 Å². The Morgan fingerprint density at radius 2 is 2.23 bits per heavy atom. The fourth-order valence-electron chi connectivity index (χ4n) is 1.08. The molecule has 0 spiro atoms. The summed E-state index contributed by atoms with van der Waals surface area (Å²) in [5, 5.41) is 2.84. The highest BCUT2D eigenvalue weighted by Gasteiger charge is 2.05. The number of rotatable bonds is 3. The zero-order valence-corrected chi connectivity index (χ0v) is 9.31. The number of halogens is 1. The number of nitrogens with one attached hydrogen (secondary N) is 1. The molecule has 1 N–H and O–H groups in total. The van der Waals surface area contributed by atoms with Gasteiger partial charge in [0.15, 0.2) is 5.78 Å². The predicted octanol–water partition coefficient (Wildman–Crippen LogP) is 2.16. The van der Waals surface area contributed by atoms with Gasteiger partial charge in [-0.05, 0) is 31.7 Å². The first-order valence-electron chi connectivity index (χ1n) is 4.09. The first-order valence-corrected chi connectivity index (χ1v) is 4.88. The molecule has 1 aromatic rings. The smallest absolute Gasteiger partial charge is 0.176 e. The van der Waals surface area contributed by atoms with E-state index in [1.54, 1.807) is 7.05 Å². The Kier molecular flexibility index (Phi) is 3.63. The maximum atomic E-state index is 11.4. The van der Waals surface area contributed by atoms with Crippen molar-refractivity contribution in [3.63, 3.8) is 0 Å². The van der Waals surface area contributed by atoms with Gasteiger partial charge in [0.05, 0.1) is 6.54 Å². The quantitative estimate of drug-likeness (QED) is 0.823. The highest BCUT2D eigenvalue weighted by molar-refractivity contribution is 9.10. The van der Waals surface area contributed by atoms with Crippen LogP contribution in [0.3, 0.4) is 0 Å². The van der Waals surface area contributed by atoms with Gasteiger partial charge in [-0.2, -0.15) is 0 Å². The lowest BCUT2D eigenvalue weighted by Gasteiger charge is -2.02. The molecule has 1 aromatic carbocycles. The Labute approximate surface area is 86.5 Å². The Hall–Kier alpha value is -0.670. The molecule has 2 nitrogen and oxygen atoms in total. The van der Waals surface area contributed by atoms with Crippen molar-refractivity contribution in [3.8, 4) is 0 Å². The summed E-state index contributed by atoms with van der Waals surface area (Å²) in [5.41, 5.74) is 1.84. The minimum atomic E-state index is 0.123. The molecule has 0 amide bonds. The molecule has 13 heavy (non-hydrogen) atoms. The van der Waals surface area contributed by atoms with Crippen LogP contribution >= 0.6 is 15.9 Å². The van der Waals surface area contributed by atoms with E-state index in [4.69, 9.17) is 0 Å². The first kappa shape index (κ1) is 10.4. The van der Waals surface area contributed by atoms with Crippen molar-refractivity contribution in [2.45, 2.75) is 6.92 Å². The summed E-state index contributed by atoms with van der Waals surface area (Å²) in [6.07, 6.45) is 0. The van der Waals surface area contributed by atoms with E-state index in [1.165, 1.54) is 0 Å². The number of likely N-dealkylation sites (N-methyl/N-ethyl adjacent to an activating group) is 1. The molecule has 0 saturated heterocycles. The van der Waals surface area contributed by atoms with Gasteiger partial charge in [0.2, 0.25) is 0 Å². The number of aryl methyl sites for hydroxylation is 1. The van der Waals surface area contributed by atoms with Crippen molar-refractivity contribution in [1.29, 1.82) is 0 Å². The van der Waals surface area contributed by atoms with Crippen LogP contribution in [0.2, 0.25) is 0 Å². The lowest BCUT2D eigenvalue weighted by Crippen LogP contribution is -2.18. The van der Waals surface area contributed by atoms with E-state index in [0.29, 0.717) is 6.54 Å². The molecule has 0 unspecified atom stereocenters. The van der Waals surface area contributed by atoms with Crippen molar-refractivity contribution in [2.24, 2.45) is 0 Å². The number of carbonyl (C=O) groups excluding carboxylic acids is 1. The average molecular weight is 242 g/mol. The summed E-state index contributed by atoms with van der Waals surface area (Å²) in [5.74, 6) is 0.123. The normalized spacial score (nSPS) is 10.1. The van der Waals surface area contributed by atoms with E-state index >= 15 is 0 Å². The highest BCUT2D eigenvalue weighted by atomic mass is 79.9. The van der Waals surface area contributed by atoms with E-state index in [-0.39, 0.29) is 5.78 Å². The maximum absolute atomic E-state index is 11.4. The monoisotopic (exact) mass is 241 g/mol. The van der Waals surface area contributed by atoms with Crippen LogP contribution in [0.5, 0.6) is 0 Å². The lowest BCUT2D eigenvalue weighted by atomic mass is 10.1. The molecule has 0 aromatic heterocycles. The van der Waals surface area contributed by atoms with E-state index < -0.39 is 0 Å². The van der Waals surface area contributed by atoms with Crippen molar-refractivity contribution in [1.82, 2.24) is 5.32 Å². The zero-order chi connectivity index (χ0) is 9.84. The van der Waals surface area contributed by atoms with Crippen molar-refractivity contribution >= 4 is 21.7 Å². The molecular formula is C10H12BrNO. The van der Waals surface area contributed by atoms with Gasteiger partial charge in [-0.25, -0.2) is 0 Å². The predicted molar refractivity (Wildman–Crippen MR) is 57.1 cm³/mol. The molecule has 0 heterocycles. The Morgan fingerprint density at radius 1 is 1.54 bits per heavy atom. The maximum Gasteiger partial charge on any atom is 0.176 e. The highest BCUT2D eigenvalue weighted by Crippen LogP contribution is 2.17. The fraction of sp³-hybridized carbons (Fsp3) is 0.300. The van der Waals surface area contributed by atoms with Crippen LogP contribution in [-0.2, 0) is 0 Å². The van der Waals surface area contributed by atoms with Gasteiger partial charge in [0, 0.05) is 10.0 Å². The molecule has 0 fully saturated rings. The second-order valence-corrected chi connectivity index (χ2v) is 3.77. The number of hydrogen-bond acceptors (Lipinski definition) is 2. The second-order valence-electron chi connectivity index (χ2n) is 2.92. The topological polar surface area (TPSA) is 29.1 Å². The summed E-state index contributed by atoms with van der Waals surface area (Å²) >= 11 is 3.39. The zero-order valence-electron chi connectivity index (χ0n) is 7.73. The van der Waals surface area contributed by atoms with Crippen molar-refractivity contribution in [2.75, 3.05) is 13.6 Å². The number of hydrogen-bond donors (Lipinski definition) is 1. The van der Waals surface area contributed by atoms with Gasteiger partial charge in [-0.15, -0.1) is 0 Å². The van der Waals surface area contributed by atoms with Crippen molar-refractivity contribution < 1.29 is 4.79 Å². The van der Waals surface area contributed by atoms with Crippen LogP contribution in [0, 0.1) is 6.92 Å². The molecule has 0 atom stereocenters. The van der Waals surface area contributed by atoms with Gasteiger partial charge in [-0.3, -0.25) is 4.79 Å². The van der Waals surface area contributed by atoms with Gasteiger partial charge in [0.1, 0.15) is 0 Å². The number of benzene rings is 1. The summed E-state index contributed by atoms with van der Waals surface area (Å²) in [4.78, 5) is 11.4. The van der Waals surface area contributed by atoms with E-state index in [2.05, 4.69) is 21.2 Å². The van der Waals surface area contributed by atoms with Crippen LogP contribution in [0.4, 0.5) is 0 Å². The van der Waals surface area contributed by atoms with E-state index in [1.807, 2.05) is 25.1 Å². The number of Topliss-reactive ketones (excluding diaryl/α,β-unsaturated/α-hetero) is 1. The lowest BCUT2D eigenvalue weighted by molar-refractivity contribution is 0.0993. The Bertz CT molecular complexity index is 323. The molecule has 0 radical (unpaired) electrons. The minimum absolute atomic E-state index is 0.123. The minimum Gasteiger partial charge on any atom is -0.313 e. The SMILES string of the molecule is CNCC(=O)c1ccc(Br)c(C)c1. The summed E-state index contributed by atoms with van der Waals surface area (Å²) in [6, 6.07) is 5.62. The average Bonchev–Trinajstić information content (AvgIpc) is 2.10. The molecule has 0 aliphatic rings. The molecule has 1 rings (SSSR count). The fourth-order valence-corrected chi connectivity index (χ4v) is 1.33. The molecule has 0 bridgehead atoms. The third-order valence-corrected chi connectivity index (χ3v) is 2.71. The molecule has 70 valence electrons. The van der Waals surface area contributed by atoms with Crippen LogP contribution in [0.15, 0.2) is 22.7 Å². The second kappa shape index (κ2) is 4.53. The van der Waals surface area contributed by atoms with Gasteiger partial charge < -0.3 is 5.32 Å². The van der Waals surface area contributed by atoms with Crippen LogP contribution in [-0.4, -0.2) is 19.4 Å². The summed E-state index contributed by atoms with van der Waals surface area (Å²) in [6.45, 7) is 2.36. The molecule has 3 heteroatoms. The number of carbonyl (C=O) groups is 1. The molecule has 0 aliphatic carbocycles. The van der Waals surface area contributed by atoms with Gasteiger partial charge >= 0.3 is 0 Å². The molecule has 0 aliphatic heterocycles. The first-order chi connectivity index (χ1) is 6.15. The van der Waals surface area contributed by atoms with Crippen LogP contribution in [0.1, 0.15) is 15.9 Å². The standard InChI is InChI=1S/C10H12BrNO/c1-7-5-8(3-4-9(7)11)10(13)6-12-2/h3-5,12H,6H2,1-2H3. The van der Waals surface area contributed by atoms with Crippen LogP contribution in [0.25, 0.3) is 0 Å². The molecule has 0 saturated carbocycles. The summed E-state index contributed by atoms with van der Waals surface area (Å²) in [7, 11) is 1.77. The molecular weight excluding hydrogens is 230 g/mol.